The Morgan fingerprint density at radius 1 is 1.47 bits per heavy atom. The van der Waals surface area contributed by atoms with Crippen LogP contribution in [0.1, 0.15) is 12.0 Å². The van der Waals surface area contributed by atoms with Gasteiger partial charge in [0, 0.05) is 11.5 Å². The lowest BCUT2D eigenvalue weighted by molar-refractivity contribution is -0.136. The molecule has 1 rings (SSSR count). The van der Waals surface area contributed by atoms with Crippen molar-refractivity contribution in [3.05, 3.63) is 28.0 Å². The zero-order valence-corrected chi connectivity index (χ0v) is 10.1. The first-order valence-electron chi connectivity index (χ1n) is 4.20. The van der Waals surface area contributed by atoms with Crippen LogP contribution in [-0.4, -0.2) is 21.8 Å². The first-order chi connectivity index (χ1) is 7.09. The van der Waals surface area contributed by atoms with Crippen LogP contribution >= 0.6 is 35.0 Å². The molecule has 0 aliphatic rings. The number of carbonyl (C=O) groups is 1. The Morgan fingerprint density at radius 2 is 2.20 bits per heavy atom. The van der Waals surface area contributed by atoms with Crippen molar-refractivity contribution < 1.29 is 9.90 Å². The second kappa shape index (κ2) is 6.20. The van der Waals surface area contributed by atoms with Gasteiger partial charge < -0.3 is 5.11 Å². The highest BCUT2D eigenvalue weighted by Gasteiger charge is 2.03. The smallest absolute Gasteiger partial charge is 0.304 e. The summed E-state index contributed by atoms with van der Waals surface area (Å²) in [6.45, 7) is 0. The van der Waals surface area contributed by atoms with E-state index in [0.717, 1.165) is 5.56 Å². The van der Waals surface area contributed by atoms with Gasteiger partial charge in [0.05, 0.1) is 6.42 Å². The van der Waals surface area contributed by atoms with Crippen LogP contribution in [0.4, 0.5) is 0 Å². The van der Waals surface area contributed by atoms with Crippen molar-refractivity contribution in [2.24, 2.45) is 0 Å². The highest BCUT2D eigenvalue weighted by molar-refractivity contribution is 7.98. The van der Waals surface area contributed by atoms with Crippen LogP contribution in [0, 0.1) is 0 Å². The summed E-state index contributed by atoms with van der Waals surface area (Å²) in [5.74, 6) is 0.424. The number of nitrogens with zero attached hydrogens (tertiary/aromatic N) is 1. The Morgan fingerprint density at radius 3 is 2.80 bits per heavy atom. The third-order valence-corrected chi connectivity index (χ3v) is 3.16. The molecule has 1 aromatic heterocycles. The maximum absolute atomic E-state index is 10.3. The number of hydrogen-bond donors (Lipinski definition) is 1. The summed E-state index contributed by atoms with van der Waals surface area (Å²) in [6, 6.07) is 3.46. The van der Waals surface area contributed by atoms with Crippen LogP contribution in [0.5, 0.6) is 0 Å². The zero-order valence-electron chi connectivity index (χ0n) is 7.74. The highest BCUT2D eigenvalue weighted by Crippen LogP contribution is 2.21. The molecule has 0 atom stereocenters. The lowest BCUT2D eigenvalue weighted by Gasteiger charge is -2.02. The van der Waals surface area contributed by atoms with Crippen molar-refractivity contribution >= 4 is 40.9 Å². The lowest BCUT2D eigenvalue weighted by Crippen LogP contribution is -1.96. The van der Waals surface area contributed by atoms with E-state index in [0.29, 0.717) is 21.8 Å². The molecule has 0 aliphatic carbocycles. The molecule has 0 saturated carbocycles. The van der Waals surface area contributed by atoms with Crippen LogP contribution in [-0.2, 0) is 10.5 Å². The van der Waals surface area contributed by atoms with E-state index in [4.69, 9.17) is 28.3 Å². The fraction of sp³-hybridized carbons (Fsp3) is 0.333. The molecule has 0 aliphatic heterocycles. The molecule has 0 saturated heterocycles. The Kier molecular flexibility index (Phi) is 5.22. The minimum Gasteiger partial charge on any atom is -0.481 e. The van der Waals surface area contributed by atoms with Gasteiger partial charge in [-0.1, -0.05) is 29.3 Å². The predicted octanol–water partition coefficient (Wildman–Crippen LogP) is 3.10. The van der Waals surface area contributed by atoms with E-state index in [1.54, 1.807) is 12.1 Å². The first-order valence-corrected chi connectivity index (χ1v) is 6.11. The molecule has 0 amide bonds. The average molecular weight is 266 g/mol. The number of rotatable bonds is 5. The average Bonchev–Trinajstić information content (AvgIpc) is 2.14. The van der Waals surface area contributed by atoms with Gasteiger partial charge in [0.1, 0.15) is 10.3 Å². The molecule has 1 N–H and O–H groups in total. The number of aliphatic carboxylic acids is 1. The summed E-state index contributed by atoms with van der Waals surface area (Å²) in [5, 5.41) is 9.17. The van der Waals surface area contributed by atoms with Crippen molar-refractivity contribution in [2.75, 3.05) is 5.75 Å². The molecule has 6 heteroatoms. The van der Waals surface area contributed by atoms with Gasteiger partial charge in [0.2, 0.25) is 0 Å². The molecule has 1 aromatic rings. The Hall–Kier alpha value is -0.450. The molecule has 0 unspecified atom stereocenters. The van der Waals surface area contributed by atoms with Crippen molar-refractivity contribution in [3.63, 3.8) is 0 Å². The van der Waals surface area contributed by atoms with Crippen molar-refractivity contribution in [2.45, 2.75) is 12.2 Å². The van der Waals surface area contributed by atoms with Crippen LogP contribution in [0.3, 0.4) is 0 Å². The first kappa shape index (κ1) is 12.6. The SMILES string of the molecule is O=C(O)CCSCc1ccc(Cl)nc1Cl. The molecule has 3 nitrogen and oxygen atoms in total. The number of aromatic nitrogens is 1. The van der Waals surface area contributed by atoms with Crippen LogP contribution < -0.4 is 0 Å². The second-order valence-electron chi connectivity index (χ2n) is 2.78. The Balaban J connectivity index is 2.40. The van der Waals surface area contributed by atoms with Crippen molar-refractivity contribution in [3.8, 4) is 0 Å². The minimum atomic E-state index is -0.789. The predicted molar refractivity (Wildman–Crippen MR) is 62.7 cm³/mol. The third-order valence-electron chi connectivity index (χ3n) is 1.61. The topological polar surface area (TPSA) is 50.2 Å². The van der Waals surface area contributed by atoms with E-state index in [9.17, 15) is 4.79 Å². The molecule has 1 heterocycles. The van der Waals surface area contributed by atoms with E-state index in [1.165, 1.54) is 11.8 Å². The largest absolute Gasteiger partial charge is 0.481 e. The molecular formula is C9H9Cl2NO2S. The molecule has 0 spiro atoms. The molecule has 0 fully saturated rings. The normalized spacial score (nSPS) is 10.3. The molecular weight excluding hydrogens is 257 g/mol. The third kappa shape index (κ3) is 4.73. The summed E-state index contributed by atoms with van der Waals surface area (Å²) in [5.41, 5.74) is 0.872. The molecule has 82 valence electrons. The number of halogens is 2. The number of thioether (sulfide) groups is 1. The number of pyridine rings is 1. The second-order valence-corrected chi connectivity index (χ2v) is 4.63. The zero-order chi connectivity index (χ0) is 11.3. The van der Waals surface area contributed by atoms with Gasteiger partial charge in [-0.25, -0.2) is 4.98 Å². The quantitative estimate of drug-likeness (QED) is 0.657. The monoisotopic (exact) mass is 265 g/mol. The molecule has 0 radical (unpaired) electrons. The van der Waals surface area contributed by atoms with E-state index in [-0.39, 0.29) is 6.42 Å². The van der Waals surface area contributed by atoms with Crippen LogP contribution in [0.15, 0.2) is 12.1 Å². The summed E-state index contributed by atoms with van der Waals surface area (Å²) in [4.78, 5) is 14.1. The number of carboxylic acids is 1. The van der Waals surface area contributed by atoms with Gasteiger partial charge in [-0.2, -0.15) is 11.8 Å². The van der Waals surface area contributed by atoms with Crippen LogP contribution in [0.2, 0.25) is 10.3 Å². The van der Waals surface area contributed by atoms with Gasteiger partial charge in [-0.3, -0.25) is 4.79 Å². The maximum Gasteiger partial charge on any atom is 0.304 e. The van der Waals surface area contributed by atoms with Gasteiger partial charge >= 0.3 is 5.97 Å². The molecule has 0 bridgehead atoms. The van der Waals surface area contributed by atoms with Crippen molar-refractivity contribution in [1.29, 1.82) is 0 Å². The fourth-order valence-electron chi connectivity index (χ4n) is 0.890. The summed E-state index contributed by atoms with van der Waals surface area (Å²) in [7, 11) is 0. The molecule has 0 aromatic carbocycles. The number of hydrogen-bond acceptors (Lipinski definition) is 3. The maximum atomic E-state index is 10.3. The lowest BCUT2D eigenvalue weighted by atomic mass is 10.3. The minimum absolute atomic E-state index is 0.156. The van der Waals surface area contributed by atoms with E-state index in [1.807, 2.05) is 0 Å². The van der Waals surface area contributed by atoms with E-state index in [2.05, 4.69) is 4.98 Å². The van der Waals surface area contributed by atoms with Gasteiger partial charge in [0.25, 0.3) is 0 Å². The van der Waals surface area contributed by atoms with E-state index >= 15 is 0 Å². The summed E-state index contributed by atoms with van der Waals surface area (Å²) >= 11 is 13.0. The highest BCUT2D eigenvalue weighted by atomic mass is 35.5. The van der Waals surface area contributed by atoms with Gasteiger partial charge in [-0.15, -0.1) is 0 Å². The Bertz CT molecular complexity index is 360. The molecule has 15 heavy (non-hydrogen) atoms. The standard InChI is InChI=1S/C9H9Cl2NO2S/c10-7-2-1-6(9(11)12-7)5-15-4-3-8(13)14/h1-2H,3-5H2,(H,13,14). The fourth-order valence-corrected chi connectivity index (χ4v) is 2.30. The van der Waals surface area contributed by atoms with Gasteiger partial charge in [-0.05, 0) is 11.6 Å². The van der Waals surface area contributed by atoms with Gasteiger partial charge in [0.15, 0.2) is 0 Å². The number of carboxylic acid groups (broad SMARTS) is 1. The van der Waals surface area contributed by atoms with E-state index < -0.39 is 5.97 Å². The van der Waals surface area contributed by atoms with Crippen LogP contribution in [0.25, 0.3) is 0 Å². The van der Waals surface area contributed by atoms with Crippen molar-refractivity contribution in [1.82, 2.24) is 4.98 Å². The summed E-state index contributed by atoms with van der Waals surface area (Å²) in [6.07, 6.45) is 0.156. The Labute approximate surface area is 102 Å². The summed E-state index contributed by atoms with van der Waals surface area (Å²) < 4.78 is 0.